The van der Waals surface area contributed by atoms with Crippen LogP contribution in [-0.4, -0.2) is 29.4 Å². The van der Waals surface area contributed by atoms with E-state index in [9.17, 15) is 14.4 Å². The van der Waals surface area contributed by atoms with Gasteiger partial charge in [-0.3, -0.25) is 14.4 Å². The molecule has 0 unspecified atom stereocenters. The molecule has 0 saturated heterocycles. The second-order valence-electron chi connectivity index (χ2n) is 6.14. The van der Waals surface area contributed by atoms with Crippen LogP contribution in [0.2, 0.25) is 5.02 Å². The molecule has 0 aliphatic heterocycles. The number of carboxylic acids is 1. The third-order valence-corrected chi connectivity index (χ3v) is 4.46. The zero-order valence-corrected chi connectivity index (χ0v) is 15.9. The summed E-state index contributed by atoms with van der Waals surface area (Å²) in [5.41, 5.74) is 0.805. The Kier molecular flexibility index (Phi) is 6.26. The van der Waals surface area contributed by atoms with Crippen LogP contribution in [0.5, 0.6) is 0 Å². The molecule has 3 rings (SSSR count). The summed E-state index contributed by atoms with van der Waals surface area (Å²) in [5.74, 6) is -2.49. The summed E-state index contributed by atoms with van der Waals surface area (Å²) in [6.07, 6.45) is 1.51. The maximum Gasteiger partial charge on any atom is 0.322 e. The van der Waals surface area contributed by atoms with Crippen molar-refractivity contribution in [2.75, 3.05) is 6.54 Å². The number of fused-ring (bicyclic) bond motifs is 1. The minimum Gasteiger partial charge on any atom is -0.480 e. The lowest BCUT2D eigenvalue weighted by Gasteiger charge is -2.12. The van der Waals surface area contributed by atoms with Gasteiger partial charge < -0.3 is 15.7 Å². The van der Waals surface area contributed by atoms with Gasteiger partial charge >= 0.3 is 5.97 Å². The molecule has 3 N–H and O–H groups in total. The Morgan fingerprint density at radius 3 is 2.38 bits per heavy atom. The van der Waals surface area contributed by atoms with E-state index in [0.29, 0.717) is 5.56 Å². The zero-order valence-electron chi connectivity index (χ0n) is 15.2. The molecule has 0 fully saturated rings. The first kappa shape index (κ1) is 20.1. The topological polar surface area (TPSA) is 95.5 Å². The normalized spacial score (nSPS) is 11.1. The number of nitrogens with one attached hydrogen (secondary N) is 2. The number of benzene rings is 3. The molecule has 0 atom stereocenters. The van der Waals surface area contributed by atoms with Crippen molar-refractivity contribution in [3.8, 4) is 0 Å². The second kappa shape index (κ2) is 9.03. The van der Waals surface area contributed by atoms with Gasteiger partial charge in [0.1, 0.15) is 12.2 Å². The van der Waals surface area contributed by atoms with Crippen molar-refractivity contribution in [2.45, 2.75) is 0 Å². The third-order valence-electron chi connectivity index (χ3n) is 4.13. The lowest BCUT2D eigenvalue weighted by atomic mass is 10.0. The maximum absolute atomic E-state index is 12.6. The number of carboxylic acid groups (broad SMARTS) is 1. The summed E-state index contributed by atoms with van der Waals surface area (Å²) in [7, 11) is 0. The number of rotatable bonds is 6. The Hall–Kier alpha value is -3.64. The highest BCUT2D eigenvalue weighted by molar-refractivity contribution is 6.34. The first-order chi connectivity index (χ1) is 14.0. The van der Waals surface area contributed by atoms with Gasteiger partial charge in [-0.1, -0.05) is 66.2 Å². The van der Waals surface area contributed by atoms with E-state index in [1.54, 1.807) is 24.3 Å². The van der Waals surface area contributed by atoms with E-state index < -0.39 is 24.3 Å². The molecule has 0 aliphatic carbocycles. The second-order valence-corrected chi connectivity index (χ2v) is 6.54. The Balaban J connectivity index is 1.99. The number of hydrogen-bond acceptors (Lipinski definition) is 3. The predicted octanol–water partition coefficient (Wildman–Crippen LogP) is 3.46. The number of aliphatic carboxylic acids is 1. The maximum atomic E-state index is 12.6. The quantitative estimate of drug-likeness (QED) is 0.544. The van der Waals surface area contributed by atoms with E-state index in [-0.39, 0.29) is 16.3 Å². The van der Waals surface area contributed by atoms with Crippen molar-refractivity contribution >= 4 is 46.2 Å². The largest absolute Gasteiger partial charge is 0.480 e. The fourth-order valence-corrected chi connectivity index (χ4v) is 3.00. The molecule has 0 aliphatic rings. The average Bonchev–Trinajstić information content (AvgIpc) is 2.72. The molecule has 3 aromatic carbocycles. The highest BCUT2D eigenvalue weighted by Gasteiger charge is 2.17. The van der Waals surface area contributed by atoms with Gasteiger partial charge in [0, 0.05) is 0 Å². The third kappa shape index (κ3) is 5.00. The molecule has 0 saturated carbocycles. The SMILES string of the molecule is O=C(O)CNC(=O)C(=Cc1cccc2ccccc12)NC(=O)c1ccccc1Cl. The molecule has 0 radical (unpaired) electrons. The summed E-state index contributed by atoms with van der Waals surface area (Å²) in [5, 5.41) is 15.7. The summed E-state index contributed by atoms with van der Waals surface area (Å²) >= 11 is 6.06. The van der Waals surface area contributed by atoms with E-state index >= 15 is 0 Å². The lowest BCUT2D eigenvalue weighted by molar-refractivity contribution is -0.137. The van der Waals surface area contributed by atoms with Gasteiger partial charge in [-0.2, -0.15) is 0 Å². The highest BCUT2D eigenvalue weighted by Crippen LogP contribution is 2.21. The molecule has 0 bridgehead atoms. The van der Waals surface area contributed by atoms with Crippen LogP contribution in [0.1, 0.15) is 15.9 Å². The molecule has 29 heavy (non-hydrogen) atoms. The fourth-order valence-electron chi connectivity index (χ4n) is 2.78. The molecule has 7 heteroatoms. The van der Waals surface area contributed by atoms with Gasteiger partial charge in [0.05, 0.1) is 10.6 Å². The Morgan fingerprint density at radius 1 is 0.931 bits per heavy atom. The van der Waals surface area contributed by atoms with Gasteiger partial charge in [-0.15, -0.1) is 0 Å². The Bertz CT molecular complexity index is 1120. The molecule has 6 nitrogen and oxygen atoms in total. The van der Waals surface area contributed by atoms with E-state index in [2.05, 4.69) is 10.6 Å². The molecule has 0 heterocycles. The van der Waals surface area contributed by atoms with Crippen LogP contribution in [0.3, 0.4) is 0 Å². The summed E-state index contributed by atoms with van der Waals surface area (Å²) < 4.78 is 0. The van der Waals surface area contributed by atoms with Crippen LogP contribution in [0.15, 0.2) is 72.4 Å². The number of amides is 2. The van der Waals surface area contributed by atoms with Crippen LogP contribution in [0, 0.1) is 0 Å². The number of halogens is 1. The van der Waals surface area contributed by atoms with Gasteiger partial charge in [0.15, 0.2) is 0 Å². The fraction of sp³-hybridized carbons (Fsp3) is 0.0455. The van der Waals surface area contributed by atoms with Crippen molar-refractivity contribution in [1.29, 1.82) is 0 Å². The Morgan fingerprint density at radius 2 is 1.62 bits per heavy atom. The molecular formula is C22H17ClN2O4. The summed E-state index contributed by atoms with van der Waals surface area (Å²) in [6.45, 7) is -0.576. The number of carbonyl (C=O) groups is 3. The van der Waals surface area contributed by atoms with Crippen molar-refractivity contribution in [3.05, 3.63) is 88.6 Å². The smallest absolute Gasteiger partial charge is 0.322 e. The average molecular weight is 409 g/mol. The monoisotopic (exact) mass is 408 g/mol. The number of hydrogen-bond donors (Lipinski definition) is 3. The predicted molar refractivity (Wildman–Crippen MR) is 111 cm³/mol. The first-order valence-electron chi connectivity index (χ1n) is 8.71. The molecule has 0 spiro atoms. The van der Waals surface area contributed by atoms with Crippen LogP contribution < -0.4 is 10.6 Å². The van der Waals surface area contributed by atoms with Gasteiger partial charge in [-0.05, 0) is 34.5 Å². The van der Waals surface area contributed by atoms with Gasteiger partial charge in [-0.25, -0.2) is 0 Å². The lowest BCUT2D eigenvalue weighted by Crippen LogP contribution is -2.37. The summed E-state index contributed by atoms with van der Waals surface area (Å²) in [4.78, 5) is 36.0. The molecule has 2 amide bonds. The highest BCUT2D eigenvalue weighted by atomic mass is 35.5. The van der Waals surface area contributed by atoms with Crippen LogP contribution in [0.4, 0.5) is 0 Å². The van der Waals surface area contributed by atoms with Crippen molar-refractivity contribution < 1.29 is 19.5 Å². The van der Waals surface area contributed by atoms with Crippen LogP contribution in [-0.2, 0) is 9.59 Å². The van der Waals surface area contributed by atoms with Crippen LogP contribution >= 0.6 is 11.6 Å². The number of carbonyl (C=O) groups excluding carboxylic acids is 2. The summed E-state index contributed by atoms with van der Waals surface area (Å²) in [6, 6.07) is 19.6. The molecule has 0 aromatic heterocycles. The standard InChI is InChI=1S/C22H17ClN2O4/c23-18-11-4-3-10-17(18)21(28)25-19(22(29)24-13-20(26)27)12-15-8-5-7-14-6-1-2-9-16(14)15/h1-12H,13H2,(H,24,29)(H,25,28)(H,26,27). The molecule has 146 valence electrons. The van der Waals surface area contributed by atoms with Crippen LogP contribution in [0.25, 0.3) is 16.8 Å². The van der Waals surface area contributed by atoms with E-state index in [1.807, 2.05) is 36.4 Å². The zero-order chi connectivity index (χ0) is 20.8. The van der Waals surface area contributed by atoms with Crippen molar-refractivity contribution in [3.63, 3.8) is 0 Å². The Labute approximate surface area is 171 Å². The molecular weight excluding hydrogens is 392 g/mol. The van der Waals surface area contributed by atoms with Crippen molar-refractivity contribution in [2.24, 2.45) is 0 Å². The van der Waals surface area contributed by atoms with E-state index in [1.165, 1.54) is 12.1 Å². The van der Waals surface area contributed by atoms with E-state index in [4.69, 9.17) is 16.7 Å². The van der Waals surface area contributed by atoms with E-state index in [0.717, 1.165) is 10.8 Å². The minimum atomic E-state index is -1.19. The van der Waals surface area contributed by atoms with Gasteiger partial charge in [0.2, 0.25) is 0 Å². The van der Waals surface area contributed by atoms with Gasteiger partial charge in [0.25, 0.3) is 11.8 Å². The molecule has 3 aromatic rings. The first-order valence-corrected chi connectivity index (χ1v) is 9.09. The van der Waals surface area contributed by atoms with Crippen molar-refractivity contribution in [1.82, 2.24) is 10.6 Å². The minimum absolute atomic E-state index is 0.0903.